The number of aromatic nitrogens is 4. The van der Waals surface area contributed by atoms with Crippen LogP contribution in [-0.2, 0) is 32.1 Å². The number of aryl methyl sites for hydroxylation is 4. The molecule has 5 nitrogen and oxygen atoms in total. The summed E-state index contributed by atoms with van der Waals surface area (Å²) in [6, 6.07) is 32.6. The Balaban J connectivity index is 1.37. The number of hydrogen-bond acceptors (Lipinski definition) is 3. The highest BCUT2D eigenvalue weighted by molar-refractivity contribution is 6.09. The first-order valence-corrected chi connectivity index (χ1v) is 18.4. The molecule has 0 aliphatic carbocycles. The second kappa shape index (κ2) is 14.0. The number of fused-ring (bicyclic) bond motifs is 3. The second-order valence-corrected chi connectivity index (χ2v) is 13.5. The van der Waals surface area contributed by atoms with Gasteiger partial charge in [0.05, 0.1) is 28.1 Å². The molecule has 3 heterocycles. The molecule has 0 radical (unpaired) electrons. The predicted molar refractivity (Wildman–Crippen MR) is 209 cm³/mol. The normalized spacial score (nSPS) is 11.7. The highest BCUT2D eigenvalue weighted by Crippen LogP contribution is 2.39. The maximum Gasteiger partial charge on any atom is 0.137 e. The van der Waals surface area contributed by atoms with Crippen molar-refractivity contribution in [2.24, 2.45) is 0 Å². The van der Waals surface area contributed by atoms with E-state index in [1.165, 1.54) is 49.8 Å². The summed E-state index contributed by atoms with van der Waals surface area (Å²) in [4.78, 5) is 4.81. The summed E-state index contributed by atoms with van der Waals surface area (Å²) in [5, 5.41) is 7.70. The maximum absolute atomic E-state index is 6.79. The Kier molecular flexibility index (Phi) is 9.33. The first-order valence-electron chi connectivity index (χ1n) is 18.4. The van der Waals surface area contributed by atoms with Crippen LogP contribution in [0.3, 0.4) is 0 Å². The van der Waals surface area contributed by atoms with E-state index in [0.717, 1.165) is 71.8 Å². The van der Waals surface area contributed by atoms with Gasteiger partial charge in [0.25, 0.3) is 0 Å². The average Bonchev–Trinajstić information content (AvgIpc) is 3.69. The van der Waals surface area contributed by atoms with Gasteiger partial charge < -0.3 is 4.74 Å². The molecule has 0 aliphatic heterocycles. The Morgan fingerprint density at radius 3 is 2.10 bits per heavy atom. The second-order valence-electron chi connectivity index (χ2n) is 13.5. The summed E-state index contributed by atoms with van der Waals surface area (Å²) in [6.45, 7) is 15.6. The molecule has 0 amide bonds. The van der Waals surface area contributed by atoms with Gasteiger partial charge in [-0.3, -0.25) is 4.57 Å². The fourth-order valence-corrected chi connectivity index (χ4v) is 7.46. The Morgan fingerprint density at radius 1 is 0.640 bits per heavy atom. The van der Waals surface area contributed by atoms with E-state index in [9.17, 15) is 0 Å². The van der Waals surface area contributed by atoms with Crippen molar-refractivity contribution in [2.45, 2.75) is 86.5 Å². The summed E-state index contributed by atoms with van der Waals surface area (Å²) < 4.78 is 11.2. The SMILES string of the molecule is CCc1ccnc(-n2c3ccccc3c3ccc(Oc4cc(C(C)C)cc(-n5nc(CC)c(-c6c(CC)cccc6CC)c5CC)c4)cc32)c1. The molecule has 5 heteroatoms. The molecular weight excluding hydrogens is 613 g/mol. The van der Waals surface area contributed by atoms with Crippen molar-refractivity contribution in [1.29, 1.82) is 0 Å². The first kappa shape index (κ1) is 33.3. The lowest BCUT2D eigenvalue weighted by molar-refractivity contribution is 0.481. The fraction of sp³-hybridized carbons (Fsp3) is 0.289. The van der Waals surface area contributed by atoms with E-state index in [2.05, 4.69) is 149 Å². The maximum atomic E-state index is 6.79. The number of hydrogen-bond donors (Lipinski definition) is 0. The first-order chi connectivity index (χ1) is 24.4. The summed E-state index contributed by atoms with van der Waals surface area (Å²) >= 11 is 0. The quantitative estimate of drug-likeness (QED) is 0.139. The molecule has 4 aromatic carbocycles. The zero-order valence-corrected chi connectivity index (χ0v) is 30.5. The van der Waals surface area contributed by atoms with Gasteiger partial charge in [-0.05, 0) is 108 Å². The van der Waals surface area contributed by atoms with Crippen LogP contribution in [0.4, 0.5) is 0 Å². The van der Waals surface area contributed by atoms with E-state index in [1.54, 1.807) is 0 Å². The molecule has 0 unspecified atom stereocenters. The van der Waals surface area contributed by atoms with Crippen molar-refractivity contribution in [2.75, 3.05) is 0 Å². The number of pyridine rings is 1. The van der Waals surface area contributed by atoms with Crippen LogP contribution in [0, 0.1) is 0 Å². The van der Waals surface area contributed by atoms with Crippen LogP contribution >= 0.6 is 0 Å². The van der Waals surface area contributed by atoms with Crippen LogP contribution in [0.25, 0.3) is 44.4 Å². The number of ether oxygens (including phenoxy) is 1. The van der Waals surface area contributed by atoms with E-state index in [1.807, 2.05) is 6.20 Å². The summed E-state index contributed by atoms with van der Waals surface area (Å²) in [7, 11) is 0. The summed E-state index contributed by atoms with van der Waals surface area (Å²) in [5.74, 6) is 2.83. The van der Waals surface area contributed by atoms with Crippen molar-refractivity contribution in [3.8, 4) is 34.1 Å². The van der Waals surface area contributed by atoms with E-state index in [4.69, 9.17) is 14.8 Å². The molecule has 7 aromatic rings. The average molecular weight is 661 g/mol. The van der Waals surface area contributed by atoms with Gasteiger partial charge in [-0.15, -0.1) is 0 Å². The highest BCUT2D eigenvalue weighted by Gasteiger charge is 2.23. The molecule has 3 aromatic heterocycles. The molecule has 0 saturated carbocycles. The van der Waals surface area contributed by atoms with E-state index in [0.29, 0.717) is 5.92 Å². The monoisotopic (exact) mass is 660 g/mol. The molecular formula is C45H48N4O. The minimum absolute atomic E-state index is 0.317. The van der Waals surface area contributed by atoms with Crippen LogP contribution in [0.15, 0.2) is 97.2 Å². The number of nitrogens with zero attached hydrogens (tertiary/aromatic N) is 4. The molecule has 7 rings (SSSR count). The van der Waals surface area contributed by atoms with Crippen molar-refractivity contribution in [3.63, 3.8) is 0 Å². The van der Waals surface area contributed by atoms with E-state index < -0.39 is 0 Å². The molecule has 0 aliphatic rings. The molecule has 50 heavy (non-hydrogen) atoms. The zero-order valence-electron chi connectivity index (χ0n) is 30.5. The van der Waals surface area contributed by atoms with Gasteiger partial charge in [-0.25, -0.2) is 9.67 Å². The molecule has 0 fully saturated rings. The number of rotatable bonds is 11. The van der Waals surface area contributed by atoms with Gasteiger partial charge in [-0.1, -0.05) is 84.9 Å². The van der Waals surface area contributed by atoms with Crippen LogP contribution in [0.5, 0.6) is 11.5 Å². The molecule has 0 saturated heterocycles. The van der Waals surface area contributed by atoms with Gasteiger partial charge in [0.15, 0.2) is 0 Å². The lowest BCUT2D eigenvalue weighted by Gasteiger charge is -2.17. The molecule has 0 N–H and O–H groups in total. The molecule has 254 valence electrons. The Labute approximate surface area is 296 Å². The lowest BCUT2D eigenvalue weighted by atomic mass is 9.89. The topological polar surface area (TPSA) is 44.9 Å². The van der Waals surface area contributed by atoms with Crippen LogP contribution in [-0.4, -0.2) is 19.3 Å². The zero-order chi connectivity index (χ0) is 34.9. The van der Waals surface area contributed by atoms with Gasteiger partial charge in [0.1, 0.15) is 17.3 Å². The number of benzene rings is 4. The largest absolute Gasteiger partial charge is 0.457 e. The van der Waals surface area contributed by atoms with Crippen molar-refractivity contribution in [3.05, 3.63) is 131 Å². The fourth-order valence-electron chi connectivity index (χ4n) is 7.46. The standard InChI is InChI=1S/C45H48N4O/c1-8-30-22-23-46-43(24-30)48-41-19-14-13-18-37(41)38-21-20-35(28-42(38)48)50-36-26-33(29(6)7)25-34(27-36)49-40(12-5)45(39(11-4)47-49)44-31(9-2)16-15-17-32(44)10-3/h13-29H,8-12H2,1-7H3. The summed E-state index contributed by atoms with van der Waals surface area (Å²) in [5.41, 5.74) is 13.6. The van der Waals surface area contributed by atoms with Gasteiger partial charge in [-0.2, -0.15) is 5.10 Å². The Bertz CT molecular complexity index is 2300. The predicted octanol–water partition coefficient (Wildman–Crippen LogP) is 11.8. The van der Waals surface area contributed by atoms with Crippen molar-refractivity contribution in [1.82, 2.24) is 19.3 Å². The minimum Gasteiger partial charge on any atom is -0.457 e. The Morgan fingerprint density at radius 2 is 1.40 bits per heavy atom. The van der Waals surface area contributed by atoms with Gasteiger partial charge in [0, 0.05) is 34.7 Å². The third-order valence-corrected chi connectivity index (χ3v) is 10.1. The van der Waals surface area contributed by atoms with Gasteiger partial charge >= 0.3 is 0 Å². The minimum atomic E-state index is 0.317. The third kappa shape index (κ3) is 5.89. The van der Waals surface area contributed by atoms with Crippen LogP contribution in [0.1, 0.15) is 88.0 Å². The smallest absolute Gasteiger partial charge is 0.137 e. The molecule has 0 bridgehead atoms. The van der Waals surface area contributed by atoms with Crippen molar-refractivity contribution < 1.29 is 4.74 Å². The van der Waals surface area contributed by atoms with E-state index >= 15 is 0 Å². The lowest BCUT2D eigenvalue weighted by Crippen LogP contribution is -2.05. The molecule has 0 spiro atoms. The highest BCUT2D eigenvalue weighted by atomic mass is 16.5. The molecule has 0 atom stereocenters. The summed E-state index contributed by atoms with van der Waals surface area (Å²) in [6.07, 6.45) is 6.59. The Hall–Kier alpha value is -5.16. The van der Waals surface area contributed by atoms with Crippen LogP contribution in [0.2, 0.25) is 0 Å². The van der Waals surface area contributed by atoms with Gasteiger partial charge in [0.2, 0.25) is 0 Å². The number of para-hydroxylation sites is 1. The van der Waals surface area contributed by atoms with Crippen LogP contribution < -0.4 is 4.74 Å². The third-order valence-electron chi connectivity index (χ3n) is 10.1. The van der Waals surface area contributed by atoms with Crippen molar-refractivity contribution >= 4 is 21.8 Å². The van der Waals surface area contributed by atoms with E-state index in [-0.39, 0.29) is 0 Å².